The molecule has 0 radical (unpaired) electrons. The van der Waals surface area contributed by atoms with Crippen molar-refractivity contribution in [3.8, 4) is 0 Å². The van der Waals surface area contributed by atoms with Crippen molar-refractivity contribution in [1.82, 2.24) is 4.98 Å². The smallest absolute Gasteiger partial charge is 0.198 e. The molecule has 106 valence electrons. The van der Waals surface area contributed by atoms with Gasteiger partial charge < -0.3 is 0 Å². The molecule has 1 aromatic heterocycles. The second kappa shape index (κ2) is 5.14. The fraction of sp³-hybridized carbons (Fsp3) is 0.0667. The fourth-order valence-corrected chi connectivity index (χ4v) is 2.96. The zero-order chi connectivity index (χ0) is 14.9. The zero-order valence-corrected chi connectivity index (χ0v) is 12.2. The Morgan fingerprint density at radius 3 is 2.52 bits per heavy atom. The van der Waals surface area contributed by atoms with Gasteiger partial charge in [-0.25, -0.2) is 0 Å². The van der Waals surface area contributed by atoms with E-state index in [1.54, 1.807) is 30.5 Å². The number of benzene rings is 2. The maximum Gasteiger partial charge on any atom is 0.310 e. The number of fused-ring (bicyclic) bond motifs is 1. The summed E-state index contributed by atoms with van der Waals surface area (Å²) in [6.07, 6.45) is 3.13. The Morgan fingerprint density at radius 1 is 1.05 bits per heavy atom. The molecule has 0 aliphatic carbocycles. The average Bonchev–Trinajstić information content (AvgIpc) is 2.47. The molecule has 0 fully saturated rings. The zero-order valence-electron chi connectivity index (χ0n) is 11.4. The van der Waals surface area contributed by atoms with Crippen LogP contribution in [0.2, 0.25) is 0 Å². The highest BCUT2D eigenvalue weighted by atomic mass is 32.2. The van der Waals surface area contributed by atoms with Gasteiger partial charge in [0.2, 0.25) is 0 Å². The SMILES string of the molecule is Cc1ccc(S(=O)(=O)N[n+]2cnc3ccccc3c2)cc1. The first kappa shape index (κ1) is 13.5. The monoisotopic (exact) mass is 300 g/mol. The molecular formula is C15H14N3O2S+. The van der Waals surface area contributed by atoms with Gasteiger partial charge in [0, 0.05) is 0 Å². The third-order valence-corrected chi connectivity index (χ3v) is 4.44. The van der Waals surface area contributed by atoms with Crippen LogP contribution in [0.15, 0.2) is 66.0 Å². The number of hydrogen-bond acceptors (Lipinski definition) is 3. The highest BCUT2D eigenvalue weighted by Gasteiger charge is 2.16. The minimum absolute atomic E-state index is 0.216. The molecule has 0 spiro atoms. The Hall–Kier alpha value is -2.47. The summed E-state index contributed by atoms with van der Waals surface area (Å²) in [5, 5.41) is 0.853. The predicted molar refractivity (Wildman–Crippen MR) is 79.7 cm³/mol. The standard InChI is InChI=1S/C15H14N3O2S/c1-12-6-8-14(9-7-12)21(19,20)17-18-10-13-4-2-3-5-15(13)16-11-18/h2-11,17H,1H3/q+1. The van der Waals surface area contributed by atoms with E-state index in [0.717, 1.165) is 16.5 Å². The van der Waals surface area contributed by atoms with Gasteiger partial charge in [0.05, 0.1) is 10.3 Å². The Balaban J connectivity index is 1.95. The molecule has 0 aliphatic rings. The number of nitrogens with one attached hydrogen (secondary N) is 1. The molecule has 0 bridgehead atoms. The molecule has 0 atom stereocenters. The van der Waals surface area contributed by atoms with Crippen molar-refractivity contribution in [3.63, 3.8) is 0 Å². The van der Waals surface area contributed by atoms with Crippen LogP contribution in [0.5, 0.6) is 0 Å². The van der Waals surface area contributed by atoms with Gasteiger partial charge in [-0.05, 0) is 36.2 Å². The van der Waals surface area contributed by atoms with Crippen LogP contribution in [0.4, 0.5) is 0 Å². The Bertz CT molecular complexity index is 890. The van der Waals surface area contributed by atoms with Crippen molar-refractivity contribution < 1.29 is 13.1 Å². The van der Waals surface area contributed by atoms with Crippen molar-refractivity contribution in [2.75, 3.05) is 4.83 Å². The van der Waals surface area contributed by atoms with Crippen LogP contribution in [0, 0.1) is 6.92 Å². The molecule has 1 N–H and O–H groups in total. The second-order valence-electron chi connectivity index (χ2n) is 4.75. The third kappa shape index (κ3) is 2.85. The quantitative estimate of drug-likeness (QED) is 0.750. The first-order chi connectivity index (χ1) is 10.0. The highest BCUT2D eigenvalue weighted by molar-refractivity contribution is 7.92. The van der Waals surface area contributed by atoms with Gasteiger partial charge >= 0.3 is 6.33 Å². The van der Waals surface area contributed by atoms with Crippen LogP contribution in [0.3, 0.4) is 0 Å². The van der Waals surface area contributed by atoms with E-state index < -0.39 is 10.0 Å². The molecule has 2 aromatic carbocycles. The molecule has 0 saturated carbocycles. The number of hydrogen-bond donors (Lipinski definition) is 1. The van der Waals surface area contributed by atoms with Crippen molar-refractivity contribution >= 4 is 20.9 Å². The lowest BCUT2D eigenvalue weighted by Crippen LogP contribution is -2.48. The maximum absolute atomic E-state index is 12.3. The van der Waals surface area contributed by atoms with E-state index in [9.17, 15) is 8.42 Å². The Labute approximate surface area is 122 Å². The van der Waals surface area contributed by atoms with Gasteiger partial charge in [0.25, 0.3) is 10.0 Å². The number of para-hydroxylation sites is 1. The summed E-state index contributed by atoms with van der Waals surface area (Å²) < 4.78 is 25.9. The van der Waals surface area contributed by atoms with Crippen LogP contribution in [-0.2, 0) is 10.0 Å². The average molecular weight is 300 g/mol. The van der Waals surface area contributed by atoms with Gasteiger partial charge in [-0.1, -0.05) is 29.8 Å². The van der Waals surface area contributed by atoms with Crippen molar-refractivity contribution in [1.29, 1.82) is 0 Å². The molecule has 0 saturated heterocycles. The van der Waals surface area contributed by atoms with E-state index in [1.165, 1.54) is 11.0 Å². The van der Waals surface area contributed by atoms with Crippen molar-refractivity contribution in [3.05, 3.63) is 66.6 Å². The summed E-state index contributed by atoms with van der Waals surface area (Å²) in [7, 11) is -3.63. The second-order valence-corrected chi connectivity index (χ2v) is 6.41. The van der Waals surface area contributed by atoms with Crippen LogP contribution < -0.4 is 9.51 Å². The Morgan fingerprint density at radius 2 is 1.76 bits per heavy atom. The van der Waals surface area contributed by atoms with E-state index in [4.69, 9.17) is 0 Å². The van der Waals surface area contributed by atoms with Crippen molar-refractivity contribution in [2.45, 2.75) is 11.8 Å². The van der Waals surface area contributed by atoms with E-state index >= 15 is 0 Å². The number of rotatable bonds is 3. The summed E-state index contributed by atoms with van der Waals surface area (Å²) in [5.74, 6) is 0. The molecule has 3 aromatic rings. The molecule has 6 heteroatoms. The number of aryl methyl sites for hydroxylation is 1. The van der Waals surface area contributed by atoms with Crippen LogP contribution in [0.1, 0.15) is 5.56 Å². The molecule has 21 heavy (non-hydrogen) atoms. The lowest BCUT2D eigenvalue weighted by atomic mass is 10.2. The first-order valence-electron chi connectivity index (χ1n) is 6.40. The van der Waals surface area contributed by atoms with E-state index in [-0.39, 0.29) is 4.90 Å². The molecule has 0 amide bonds. The van der Waals surface area contributed by atoms with E-state index in [1.807, 2.05) is 31.2 Å². The topological polar surface area (TPSA) is 62.9 Å². The largest absolute Gasteiger partial charge is 0.310 e. The predicted octanol–water partition coefficient (Wildman–Crippen LogP) is 1.76. The third-order valence-electron chi connectivity index (χ3n) is 3.09. The van der Waals surface area contributed by atoms with E-state index in [2.05, 4.69) is 9.82 Å². The minimum Gasteiger partial charge on any atom is -0.198 e. The molecule has 0 unspecified atom stereocenters. The number of nitrogens with zero attached hydrogens (tertiary/aromatic N) is 2. The van der Waals surface area contributed by atoms with E-state index in [0.29, 0.717) is 0 Å². The summed E-state index contributed by atoms with van der Waals surface area (Å²) in [5.41, 5.74) is 1.82. The number of sulfonamides is 1. The van der Waals surface area contributed by atoms with Gasteiger partial charge in [-0.15, -0.1) is 9.51 Å². The lowest BCUT2D eigenvalue weighted by Gasteiger charge is -2.05. The minimum atomic E-state index is -3.63. The summed E-state index contributed by atoms with van der Waals surface area (Å²) >= 11 is 0. The summed E-state index contributed by atoms with van der Waals surface area (Å²) in [6.45, 7) is 1.91. The molecule has 5 nitrogen and oxygen atoms in total. The number of aromatic nitrogens is 2. The fourth-order valence-electron chi connectivity index (χ4n) is 1.98. The van der Waals surface area contributed by atoms with Crippen LogP contribution in [-0.4, -0.2) is 13.4 Å². The molecular weight excluding hydrogens is 286 g/mol. The normalized spacial score (nSPS) is 11.5. The van der Waals surface area contributed by atoms with Crippen LogP contribution in [0.25, 0.3) is 10.9 Å². The van der Waals surface area contributed by atoms with Crippen LogP contribution >= 0.6 is 0 Å². The maximum atomic E-state index is 12.3. The first-order valence-corrected chi connectivity index (χ1v) is 7.88. The summed E-state index contributed by atoms with van der Waals surface area (Å²) in [6, 6.07) is 14.2. The lowest BCUT2D eigenvalue weighted by molar-refractivity contribution is -0.638. The molecule has 1 heterocycles. The molecule has 3 rings (SSSR count). The van der Waals surface area contributed by atoms with Crippen molar-refractivity contribution in [2.24, 2.45) is 0 Å². The Kier molecular flexibility index (Phi) is 3.31. The van der Waals surface area contributed by atoms with Gasteiger partial charge in [0.1, 0.15) is 6.20 Å². The van der Waals surface area contributed by atoms with Gasteiger partial charge in [-0.2, -0.15) is 8.42 Å². The molecule has 0 aliphatic heterocycles. The van der Waals surface area contributed by atoms with Gasteiger partial charge in [0.15, 0.2) is 5.52 Å². The summed E-state index contributed by atoms with van der Waals surface area (Å²) in [4.78, 5) is 6.90. The van der Waals surface area contributed by atoms with Gasteiger partial charge in [-0.3, -0.25) is 0 Å². The highest BCUT2D eigenvalue weighted by Crippen LogP contribution is 2.10.